The summed E-state index contributed by atoms with van der Waals surface area (Å²) in [6.45, 7) is 2.45. The van der Waals surface area contributed by atoms with Crippen molar-refractivity contribution in [1.29, 1.82) is 0 Å². The maximum atomic E-state index is 12.6. The molecule has 1 aromatic rings. The predicted molar refractivity (Wildman–Crippen MR) is 88.5 cm³/mol. The molecule has 2 aliphatic rings. The number of carbonyl (C=O) groups excluding carboxylic acids is 1. The summed E-state index contributed by atoms with van der Waals surface area (Å²) in [5.41, 5.74) is 0.311. The van der Waals surface area contributed by atoms with Crippen LogP contribution >= 0.6 is 28.3 Å². The van der Waals surface area contributed by atoms with Gasteiger partial charge in [0.25, 0.3) is 11.6 Å². The van der Waals surface area contributed by atoms with Crippen LogP contribution in [0.15, 0.2) is 22.7 Å². The van der Waals surface area contributed by atoms with Crippen LogP contribution in [0.1, 0.15) is 23.2 Å². The Morgan fingerprint density at radius 3 is 2.86 bits per heavy atom. The van der Waals surface area contributed by atoms with Crippen LogP contribution in [0.5, 0.6) is 0 Å². The molecule has 2 atom stereocenters. The molecule has 0 aliphatic carbocycles. The second-order valence-electron chi connectivity index (χ2n) is 5.60. The standard InChI is InChI=1S/C14H16BrN3O3.ClH/c15-11-5-10(6-12(7-11)18(20)21)14(19)17-4-2-13-9(8-17)1-3-16-13;/h5-7,9,13,16H,1-4,8H2;1H. The van der Waals surface area contributed by atoms with E-state index in [9.17, 15) is 14.9 Å². The molecule has 1 aromatic carbocycles. The van der Waals surface area contributed by atoms with E-state index in [0.717, 1.165) is 25.9 Å². The molecule has 2 saturated heterocycles. The van der Waals surface area contributed by atoms with E-state index < -0.39 is 4.92 Å². The molecular formula is C14H17BrClN3O3. The molecule has 22 heavy (non-hydrogen) atoms. The second-order valence-corrected chi connectivity index (χ2v) is 6.52. The summed E-state index contributed by atoms with van der Waals surface area (Å²) in [7, 11) is 0. The Morgan fingerprint density at radius 1 is 1.36 bits per heavy atom. The highest BCUT2D eigenvalue weighted by atomic mass is 79.9. The SMILES string of the molecule is Cl.O=C(c1cc(Br)cc([N+](=O)[O-])c1)N1CCC2NCCC2C1. The zero-order valence-electron chi connectivity index (χ0n) is 11.8. The van der Waals surface area contributed by atoms with Gasteiger partial charge in [0, 0.05) is 41.3 Å². The van der Waals surface area contributed by atoms with E-state index in [2.05, 4.69) is 21.2 Å². The number of likely N-dealkylation sites (tertiary alicyclic amines) is 1. The number of benzene rings is 1. The first-order valence-corrected chi connectivity index (χ1v) is 7.81. The maximum absolute atomic E-state index is 12.6. The number of rotatable bonds is 2. The Labute approximate surface area is 142 Å². The minimum absolute atomic E-state index is 0. The first kappa shape index (κ1) is 17.2. The van der Waals surface area contributed by atoms with Crippen LogP contribution in [0.25, 0.3) is 0 Å². The molecule has 0 aromatic heterocycles. The average Bonchev–Trinajstić information content (AvgIpc) is 2.93. The van der Waals surface area contributed by atoms with Gasteiger partial charge in [0.05, 0.1) is 4.92 Å². The molecule has 2 fully saturated rings. The number of nitro benzene ring substituents is 1. The largest absolute Gasteiger partial charge is 0.338 e. The van der Waals surface area contributed by atoms with Crippen molar-refractivity contribution in [2.75, 3.05) is 19.6 Å². The second kappa shape index (κ2) is 6.93. The number of carbonyl (C=O) groups is 1. The molecule has 0 spiro atoms. The normalized spacial score (nSPS) is 23.6. The van der Waals surface area contributed by atoms with Crippen molar-refractivity contribution in [3.63, 3.8) is 0 Å². The van der Waals surface area contributed by atoms with E-state index in [4.69, 9.17) is 0 Å². The van der Waals surface area contributed by atoms with Gasteiger partial charge >= 0.3 is 0 Å². The molecule has 2 unspecified atom stereocenters. The van der Waals surface area contributed by atoms with E-state index in [1.165, 1.54) is 12.1 Å². The van der Waals surface area contributed by atoms with Gasteiger partial charge in [-0.25, -0.2) is 0 Å². The smallest absolute Gasteiger partial charge is 0.271 e. The number of nitrogens with one attached hydrogen (secondary N) is 1. The molecule has 1 N–H and O–H groups in total. The van der Waals surface area contributed by atoms with Gasteiger partial charge < -0.3 is 10.2 Å². The van der Waals surface area contributed by atoms with Gasteiger partial charge in [0.15, 0.2) is 0 Å². The van der Waals surface area contributed by atoms with Gasteiger partial charge in [-0.2, -0.15) is 0 Å². The lowest BCUT2D eigenvalue weighted by atomic mass is 9.93. The molecule has 1 amide bonds. The summed E-state index contributed by atoms with van der Waals surface area (Å²) >= 11 is 3.23. The lowest BCUT2D eigenvalue weighted by Crippen LogP contribution is -2.46. The van der Waals surface area contributed by atoms with E-state index >= 15 is 0 Å². The Bertz CT molecular complexity index is 599. The van der Waals surface area contributed by atoms with E-state index in [1.807, 2.05) is 4.90 Å². The minimum Gasteiger partial charge on any atom is -0.338 e. The number of nitro groups is 1. The number of fused-ring (bicyclic) bond motifs is 1. The van der Waals surface area contributed by atoms with Gasteiger partial charge in [-0.15, -0.1) is 12.4 Å². The fourth-order valence-electron chi connectivity index (χ4n) is 3.22. The molecule has 6 nitrogen and oxygen atoms in total. The van der Waals surface area contributed by atoms with Gasteiger partial charge in [-0.3, -0.25) is 14.9 Å². The monoisotopic (exact) mass is 389 g/mol. The van der Waals surface area contributed by atoms with Crippen LogP contribution in [-0.4, -0.2) is 41.4 Å². The fourth-order valence-corrected chi connectivity index (χ4v) is 3.70. The number of nitrogens with zero attached hydrogens (tertiary/aromatic N) is 2. The minimum atomic E-state index is -0.478. The van der Waals surface area contributed by atoms with Crippen LogP contribution < -0.4 is 5.32 Å². The Hall–Kier alpha value is -1.18. The van der Waals surface area contributed by atoms with Gasteiger partial charge in [-0.05, 0) is 31.4 Å². The summed E-state index contributed by atoms with van der Waals surface area (Å²) < 4.78 is 0.553. The van der Waals surface area contributed by atoms with Crippen molar-refractivity contribution in [3.8, 4) is 0 Å². The van der Waals surface area contributed by atoms with Crippen molar-refractivity contribution in [2.24, 2.45) is 5.92 Å². The van der Waals surface area contributed by atoms with Crippen molar-refractivity contribution in [1.82, 2.24) is 10.2 Å². The Balaban J connectivity index is 0.00000176. The van der Waals surface area contributed by atoms with E-state index in [0.29, 0.717) is 28.5 Å². The molecule has 8 heteroatoms. The summed E-state index contributed by atoms with van der Waals surface area (Å²) in [5, 5.41) is 14.4. The van der Waals surface area contributed by atoms with E-state index in [1.54, 1.807) is 6.07 Å². The van der Waals surface area contributed by atoms with Crippen LogP contribution in [-0.2, 0) is 0 Å². The highest BCUT2D eigenvalue weighted by Crippen LogP contribution is 2.27. The van der Waals surface area contributed by atoms with Crippen LogP contribution in [0, 0.1) is 16.0 Å². The highest BCUT2D eigenvalue weighted by Gasteiger charge is 2.34. The third-order valence-corrected chi connectivity index (χ3v) is 4.74. The first-order valence-electron chi connectivity index (χ1n) is 7.02. The lowest BCUT2D eigenvalue weighted by molar-refractivity contribution is -0.385. The van der Waals surface area contributed by atoms with Crippen molar-refractivity contribution < 1.29 is 9.72 Å². The molecule has 2 aliphatic heterocycles. The molecule has 120 valence electrons. The number of non-ortho nitro benzene ring substituents is 1. The summed E-state index contributed by atoms with van der Waals surface area (Å²) in [4.78, 5) is 24.8. The lowest BCUT2D eigenvalue weighted by Gasteiger charge is -2.34. The first-order chi connectivity index (χ1) is 10.0. The molecular weight excluding hydrogens is 374 g/mol. The van der Waals surface area contributed by atoms with Crippen molar-refractivity contribution in [2.45, 2.75) is 18.9 Å². The average molecular weight is 391 g/mol. The number of hydrogen-bond acceptors (Lipinski definition) is 4. The molecule has 0 saturated carbocycles. The molecule has 0 bridgehead atoms. The molecule has 3 rings (SSSR count). The number of piperidine rings is 1. The fraction of sp³-hybridized carbons (Fsp3) is 0.500. The Morgan fingerprint density at radius 2 is 2.14 bits per heavy atom. The number of amides is 1. The zero-order chi connectivity index (χ0) is 15.0. The van der Waals surface area contributed by atoms with Gasteiger partial charge in [0.1, 0.15) is 0 Å². The third kappa shape index (κ3) is 3.42. The van der Waals surface area contributed by atoms with E-state index in [-0.39, 0.29) is 24.0 Å². The quantitative estimate of drug-likeness (QED) is 0.622. The van der Waals surface area contributed by atoms with Crippen LogP contribution in [0.4, 0.5) is 5.69 Å². The molecule has 2 heterocycles. The topological polar surface area (TPSA) is 75.5 Å². The Kier molecular flexibility index (Phi) is 5.41. The predicted octanol–water partition coefficient (Wildman–Crippen LogP) is 2.60. The number of halogens is 2. The maximum Gasteiger partial charge on any atom is 0.271 e. The summed E-state index contributed by atoms with van der Waals surface area (Å²) in [6.07, 6.45) is 2.04. The van der Waals surface area contributed by atoms with Gasteiger partial charge in [0.2, 0.25) is 0 Å². The highest BCUT2D eigenvalue weighted by molar-refractivity contribution is 9.10. The summed E-state index contributed by atoms with van der Waals surface area (Å²) in [5.74, 6) is 0.384. The van der Waals surface area contributed by atoms with Crippen molar-refractivity contribution >= 4 is 39.9 Å². The van der Waals surface area contributed by atoms with Gasteiger partial charge in [-0.1, -0.05) is 15.9 Å². The molecule has 0 radical (unpaired) electrons. The number of hydrogen-bond donors (Lipinski definition) is 1. The third-order valence-electron chi connectivity index (χ3n) is 4.28. The van der Waals surface area contributed by atoms with Crippen molar-refractivity contribution in [3.05, 3.63) is 38.3 Å². The zero-order valence-corrected chi connectivity index (χ0v) is 14.2. The summed E-state index contributed by atoms with van der Waals surface area (Å²) in [6, 6.07) is 4.93. The van der Waals surface area contributed by atoms with Crippen LogP contribution in [0.3, 0.4) is 0 Å². The van der Waals surface area contributed by atoms with Crippen LogP contribution in [0.2, 0.25) is 0 Å².